The number of nitrogens with zero attached hydrogens (tertiary/aromatic N) is 6. The van der Waals surface area contributed by atoms with E-state index in [2.05, 4.69) is 61.7 Å². The SMILES string of the molecule is Cc1cccc(CN2CCC(c3nnc(CN4CCCC4)n3C)CC2)n1. The van der Waals surface area contributed by atoms with Gasteiger partial charge in [-0.15, -0.1) is 10.2 Å². The maximum atomic E-state index is 4.64. The number of aromatic nitrogens is 4. The number of aryl methyl sites for hydroxylation is 1. The second-order valence-corrected chi connectivity index (χ2v) is 7.84. The number of hydrogen-bond acceptors (Lipinski definition) is 5. The van der Waals surface area contributed by atoms with Gasteiger partial charge in [0, 0.05) is 25.2 Å². The van der Waals surface area contributed by atoms with E-state index < -0.39 is 0 Å². The second kappa shape index (κ2) is 7.84. The van der Waals surface area contributed by atoms with Crippen LogP contribution in [0.2, 0.25) is 0 Å². The highest BCUT2D eigenvalue weighted by Gasteiger charge is 2.26. The van der Waals surface area contributed by atoms with Crippen LogP contribution in [0.15, 0.2) is 18.2 Å². The maximum absolute atomic E-state index is 4.64. The smallest absolute Gasteiger partial charge is 0.146 e. The van der Waals surface area contributed by atoms with Gasteiger partial charge in [0.15, 0.2) is 0 Å². The molecule has 0 aromatic carbocycles. The predicted molar refractivity (Wildman–Crippen MR) is 102 cm³/mol. The molecule has 6 nitrogen and oxygen atoms in total. The Balaban J connectivity index is 1.33. The van der Waals surface area contributed by atoms with Gasteiger partial charge in [-0.05, 0) is 70.9 Å². The minimum atomic E-state index is 0.529. The van der Waals surface area contributed by atoms with Gasteiger partial charge in [0.25, 0.3) is 0 Å². The van der Waals surface area contributed by atoms with Gasteiger partial charge in [-0.2, -0.15) is 0 Å². The Kier molecular flexibility index (Phi) is 5.31. The third kappa shape index (κ3) is 3.96. The van der Waals surface area contributed by atoms with Gasteiger partial charge in [0.2, 0.25) is 0 Å². The van der Waals surface area contributed by atoms with Crippen LogP contribution in [0, 0.1) is 6.92 Å². The molecule has 0 unspecified atom stereocenters. The van der Waals surface area contributed by atoms with Crippen molar-refractivity contribution in [1.82, 2.24) is 29.5 Å². The molecule has 0 saturated carbocycles. The first-order valence-corrected chi connectivity index (χ1v) is 9.94. The second-order valence-electron chi connectivity index (χ2n) is 7.84. The summed E-state index contributed by atoms with van der Waals surface area (Å²) in [6, 6.07) is 6.29. The number of piperidine rings is 1. The first-order valence-electron chi connectivity index (χ1n) is 9.94. The van der Waals surface area contributed by atoms with Crippen molar-refractivity contribution in [3.8, 4) is 0 Å². The molecule has 26 heavy (non-hydrogen) atoms. The molecule has 2 aromatic heterocycles. The monoisotopic (exact) mass is 354 g/mol. The highest BCUT2D eigenvalue weighted by Crippen LogP contribution is 2.27. The summed E-state index contributed by atoms with van der Waals surface area (Å²) in [6.07, 6.45) is 4.95. The third-order valence-electron chi connectivity index (χ3n) is 5.85. The quantitative estimate of drug-likeness (QED) is 0.826. The molecule has 2 aliphatic rings. The van der Waals surface area contributed by atoms with Crippen LogP contribution in [-0.4, -0.2) is 55.7 Å². The summed E-state index contributed by atoms with van der Waals surface area (Å²) in [6.45, 7) is 8.57. The van der Waals surface area contributed by atoms with Gasteiger partial charge >= 0.3 is 0 Å². The summed E-state index contributed by atoms with van der Waals surface area (Å²) in [4.78, 5) is 9.64. The van der Waals surface area contributed by atoms with Gasteiger partial charge in [0.05, 0.1) is 12.2 Å². The van der Waals surface area contributed by atoms with Gasteiger partial charge in [-0.25, -0.2) is 0 Å². The molecule has 0 bridgehead atoms. The molecule has 0 N–H and O–H groups in total. The zero-order valence-corrected chi connectivity index (χ0v) is 16.1. The Hall–Kier alpha value is -1.79. The lowest BCUT2D eigenvalue weighted by atomic mass is 9.96. The minimum absolute atomic E-state index is 0.529. The number of rotatable bonds is 5. The molecule has 6 heteroatoms. The van der Waals surface area contributed by atoms with Crippen LogP contribution < -0.4 is 0 Å². The Bertz CT molecular complexity index is 726. The van der Waals surface area contributed by atoms with E-state index in [1.54, 1.807) is 0 Å². The fourth-order valence-electron chi connectivity index (χ4n) is 4.28. The standard InChI is InChI=1S/C20H30N6/c1-16-6-5-7-18(21-16)14-26-12-8-17(9-13-26)20-23-22-19(24(20)2)15-25-10-3-4-11-25/h5-7,17H,3-4,8-15H2,1-2H3. The van der Waals surface area contributed by atoms with E-state index in [0.717, 1.165) is 50.5 Å². The van der Waals surface area contributed by atoms with Crippen LogP contribution in [-0.2, 0) is 20.1 Å². The molecule has 4 rings (SSSR count). The molecule has 2 saturated heterocycles. The summed E-state index contributed by atoms with van der Waals surface area (Å²) >= 11 is 0. The van der Waals surface area contributed by atoms with Crippen molar-refractivity contribution in [2.75, 3.05) is 26.2 Å². The zero-order chi connectivity index (χ0) is 17.9. The largest absolute Gasteiger partial charge is 0.317 e. The van der Waals surface area contributed by atoms with Crippen LogP contribution in [0.5, 0.6) is 0 Å². The molecular weight excluding hydrogens is 324 g/mol. The summed E-state index contributed by atoms with van der Waals surface area (Å²) in [5.41, 5.74) is 2.28. The molecule has 140 valence electrons. The highest BCUT2D eigenvalue weighted by molar-refractivity contribution is 5.10. The summed E-state index contributed by atoms with van der Waals surface area (Å²) in [7, 11) is 2.14. The lowest BCUT2D eigenvalue weighted by Gasteiger charge is -2.31. The van der Waals surface area contributed by atoms with E-state index in [1.165, 1.54) is 37.4 Å². The molecule has 2 aromatic rings. The molecule has 0 spiro atoms. The van der Waals surface area contributed by atoms with Gasteiger partial charge in [-0.1, -0.05) is 6.07 Å². The number of hydrogen-bond donors (Lipinski definition) is 0. The van der Waals surface area contributed by atoms with Crippen molar-refractivity contribution < 1.29 is 0 Å². The maximum Gasteiger partial charge on any atom is 0.146 e. The Morgan fingerprint density at radius 1 is 0.962 bits per heavy atom. The Morgan fingerprint density at radius 2 is 1.69 bits per heavy atom. The topological polar surface area (TPSA) is 50.1 Å². The molecule has 0 radical (unpaired) electrons. The van der Waals surface area contributed by atoms with Crippen molar-refractivity contribution in [3.05, 3.63) is 41.2 Å². The van der Waals surface area contributed by atoms with E-state index >= 15 is 0 Å². The molecule has 4 heterocycles. The summed E-state index contributed by atoms with van der Waals surface area (Å²) in [5.74, 6) is 2.82. The van der Waals surface area contributed by atoms with Crippen molar-refractivity contribution in [2.45, 2.75) is 51.6 Å². The molecule has 2 aliphatic heterocycles. The lowest BCUT2D eigenvalue weighted by Crippen LogP contribution is -2.33. The first kappa shape index (κ1) is 17.6. The highest BCUT2D eigenvalue weighted by atomic mass is 15.3. The number of pyridine rings is 1. The average molecular weight is 355 g/mol. The molecule has 0 amide bonds. The predicted octanol–water partition coefficient (Wildman–Crippen LogP) is 2.49. The lowest BCUT2D eigenvalue weighted by molar-refractivity contribution is 0.198. The Morgan fingerprint density at radius 3 is 2.42 bits per heavy atom. The average Bonchev–Trinajstić information content (AvgIpc) is 3.27. The van der Waals surface area contributed by atoms with E-state index in [4.69, 9.17) is 0 Å². The van der Waals surface area contributed by atoms with Crippen molar-refractivity contribution in [1.29, 1.82) is 0 Å². The van der Waals surface area contributed by atoms with E-state index in [-0.39, 0.29) is 0 Å². The molecular formula is C20H30N6. The number of likely N-dealkylation sites (tertiary alicyclic amines) is 2. The normalized spacial score (nSPS) is 20.1. The van der Waals surface area contributed by atoms with Crippen LogP contribution in [0.1, 0.15) is 54.6 Å². The Labute approximate surface area is 156 Å². The fourth-order valence-corrected chi connectivity index (χ4v) is 4.28. The van der Waals surface area contributed by atoms with Gasteiger partial charge in [0.1, 0.15) is 11.6 Å². The van der Waals surface area contributed by atoms with Crippen LogP contribution in [0.25, 0.3) is 0 Å². The van der Waals surface area contributed by atoms with Gasteiger partial charge in [-0.3, -0.25) is 14.8 Å². The summed E-state index contributed by atoms with van der Waals surface area (Å²) < 4.78 is 2.25. The minimum Gasteiger partial charge on any atom is -0.317 e. The molecule has 2 fully saturated rings. The fraction of sp³-hybridized carbons (Fsp3) is 0.650. The van der Waals surface area contributed by atoms with E-state index in [0.29, 0.717) is 5.92 Å². The van der Waals surface area contributed by atoms with Crippen LogP contribution in [0.4, 0.5) is 0 Å². The summed E-state index contributed by atoms with van der Waals surface area (Å²) in [5, 5.41) is 9.06. The molecule has 0 atom stereocenters. The van der Waals surface area contributed by atoms with Crippen LogP contribution >= 0.6 is 0 Å². The van der Waals surface area contributed by atoms with E-state index in [1.807, 2.05) is 0 Å². The van der Waals surface area contributed by atoms with Crippen LogP contribution in [0.3, 0.4) is 0 Å². The first-order chi connectivity index (χ1) is 12.7. The third-order valence-corrected chi connectivity index (χ3v) is 5.85. The van der Waals surface area contributed by atoms with Crippen molar-refractivity contribution in [2.24, 2.45) is 7.05 Å². The molecule has 0 aliphatic carbocycles. The van der Waals surface area contributed by atoms with Crippen molar-refractivity contribution >= 4 is 0 Å². The van der Waals surface area contributed by atoms with Gasteiger partial charge < -0.3 is 4.57 Å². The van der Waals surface area contributed by atoms with Crippen molar-refractivity contribution in [3.63, 3.8) is 0 Å². The zero-order valence-electron chi connectivity index (χ0n) is 16.1. The van der Waals surface area contributed by atoms with E-state index in [9.17, 15) is 0 Å².